The molecule has 24 heavy (non-hydrogen) atoms. The van der Waals surface area contributed by atoms with Crippen molar-refractivity contribution >= 4 is 17.7 Å². The molecule has 0 spiro atoms. The van der Waals surface area contributed by atoms with Crippen LogP contribution in [0, 0.1) is 16.7 Å². The van der Waals surface area contributed by atoms with Gasteiger partial charge in [0, 0.05) is 23.9 Å². The Labute approximate surface area is 147 Å². The predicted octanol–water partition coefficient (Wildman–Crippen LogP) is 4.28. The lowest BCUT2D eigenvalue weighted by molar-refractivity contribution is -0.0569. The van der Waals surface area contributed by atoms with Gasteiger partial charge in [-0.15, -0.1) is 0 Å². The highest BCUT2D eigenvalue weighted by atomic mass is 35.5. The Morgan fingerprint density at radius 3 is 2.58 bits per heavy atom. The number of hydrogen-bond donors (Lipinski definition) is 1. The Hall–Kier alpha value is -1.93. The van der Waals surface area contributed by atoms with E-state index < -0.39 is 11.7 Å². The summed E-state index contributed by atoms with van der Waals surface area (Å²) in [5, 5.41) is 12.2. The molecule has 1 N–H and O–H groups in total. The lowest BCUT2D eigenvalue weighted by Gasteiger charge is -2.51. The number of carbonyl (C=O) groups excluding carboxylic acids is 1. The van der Waals surface area contributed by atoms with Gasteiger partial charge in [0.05, 0.1) is 10.6 Å². The number of alkyl carbamates (subject to hydrolysis) is 1. The maximum Gasteiger partial charge on any atom is 0.407 e. The van der Waals surface area contributed by atoms with Gasteiger partial charge in [-0.25, -0.2) is 4.79 Å². The van der Waals surface area contributed by atoms with Gasteiger partial charge in [0.2, 0.25) is 0 Å². The summed E-state index contributed by atoms with van der Waals surface area (Å²) in [5.41, 5.74) is -0.342. The van der Waals surface area contributed by atoms with Crippen molar-refractivity contribution < 1.29 is 14.3 Å². The van der Waals surface area contributed by atoms with E-state index in [0.29, 0.717) is 22.8 Å². The summed E-state index contributed by atoms with van der Waals surface area (Å²) in [6.07, 6.45) is 0.214. The summed E-state index contributed by atoms with van der Waals surface area (Å²) < 4.78 is 11.3. The molecule has 1 saturated carbocycles. The van der Waals surface area contributed by atoms with Crippen LogP contribution in [0.15, 0.2) is 18.2 Å². The number of nitriles is 1. The fraction of sp³-hybridized carbons (Fsp3) is 0.556. The number of nitrogens with one attached hydrogen (secondary N) is 1. The van der Waals surface area contributed by atoms with Crippen LogP contribution in [-0.4, -0.2) is 23.8 Å². The van der Waals surface area contributed by atoms with E-state index in [1.54, 1.807) is 18.2 Å². The van der Waals surface area contributed by atoms with Gasteiger partial charge in [0.25, 0.3) is 0 Å². The van der Waals surface area contributed by atoms with Crippen molar-refractivity contribution in [1.29, 1.82) is 5.26 Å². The number of nitrogens with zero attached hydrogens (tertiary/aromatic N) is 1. The second-order valence-corrected chi connectivity index (χ2v) is 8.02. The smallest absolute Gasteiger partial charge is 0.407 e. The number of rotatable bonds is 3. The highest BCUT2D eigenvalue weighted by Gasteiger charge is 2.51. The van der Waals surface area contributed by atoms with E-state index in [-0.39, 0.29) is 17.6 Å². The van der Waals surface area contributed by atoms with Crippen LogP contribution in [-0.2, 0) is 4.74 Å². The number of halogens is 1. The molecule has 0 bridgehead atoms. The molecule has 2 rings (SSSR count). The van der Waals surface area contributed by atoms with Crippen molar-refractivity contribution in [2.24, 2.45) is 5.41 Å². The topological polar surface area (TPSA) is 71.3 Å². The minimum absolute atomic E-state index is 0.0220. The molecular formula is C18H23ClN2O3. The first kappa shape index (κ1) is 18.4. The van der Waals surface area contributed by atoms with Crippen molar-refractivity contribution in [3.8, 4) is 11.8 Å². The number of amides is 1. The van der Waals surface area contributed by atoms with Crippen LogP contribution in [0.5, 0.6) is 5.75 Å². The average Bonchev–Trinajstić information content (AvgIpc) is 2.44. The van der Waals surface area contributed by atoms with E-state index in [1.807, 2.05) is 40.7 Å². The van der Waals surface area contributed by atoms with Gasteiger partial charge >= 0.3 is 6.09 Å². The molecule has 0 aromatic heterocycles. The van der Waals surface area contributed by atoms with E-state index >= 15 is 0 Å². The summed E-state index contributed by atoms with van der Waals surface area (Å²) in [6, 6.07) is 7.01. The molecule has 0 heterocycles. The van der Waals surface area contributed by atoms with Crippen molar-refractivity contribution in [2.75, 3.05) is 0 Å². The molecule has 1 fully saturated rings. The molecule has 130 valence electrons. The van der Waals surface area contributed by atoms with Crippen molar-refractivity contribution in [2.45, 2.75) is 58.8 Å². The first-order valence-electron chi connectivity index (χ1n) is 7.89. The van der Waals surface area contributed by atoms with Crippen molar-refractivity contribution in [3.63, 3.8) is 0 Å². The molecule has 1 amide bonds. The van der Waals surface area contributed by atoms with Crippen LogP contribution in [0.3, 0.4) is 0 Å². The average molecular weight is 351 g/mol. The third-order valence-corrected chi connectivity index (χ3v) is 4.52. The number of hydrogen-bond acceptors (Lipinski definition) is 4. The molecular weight excluding hydrogens is 328 g/mol. The van der Waals surface area contributed by atoms with E-state index in [4.69, 9.17) is 26.3 Å². The maximum atomic E-state index is 11.9. The van der Waals surface area contributed by atoms with E-state index in [2.05, 4.69) is 5.32 Å². The first-order chi connectivity index (χ1) is 11.0. The molecule has 1 aromatic rings. The Balaban J connectivity index is 1.95. The van der Waals surface area contributed by atoms with Crippen LogP contribution in [0.25, 0.3) is 0 Å². The van der Waals surface area contributed by atoms with Crippen LogP contribution in [0.1, 0.15) is 46.6 Å². The number of carbonyl (C=O) groups is 1. The Morgan fingerprint density at radius 2 is 2.08 bits per heavy atom. The quantitative estimate of drug-likeness (QED) is 0.883. The molecule has 5 nitrogen and oxygen atoms in total. The Morgan fingerprint density at radius 1 is 1.42 bits per heavy atom. The zero-order chi connectivity index (χ0) is 18.1. The minimum Gasteiger partial charge on any atom is -0.490 e. The van der Waals surface area contributed by atoms with Gasteiger partial charge in [-0.3, -0.25) is 0 Å². The number of benzene rings is 1. The summed E-state index contributed by atoms with van der Waals surface area (Å²) in [5.74, 6) is 0.618. The first-order valence-corrected chi connectivity index (χ1v) is 8.26. The zero-order valence-corrected chi connectivity index (χ0v) is 15.4. The lowest BCUT2D eigenvalue weighted by atomic mass is 9.64. The molecule has 0 saturated heterocycles. The summed E-state index contributed by atoms with van der Waals surface area (Å²) >= 11 is 6.03. The van der Waals surface area contributed by atoms with E-state index in [0.717, 1.165) is 0 Å². The zero-order valence-electron chi connectivity index (χ0n) is 14.6. The Kier molecular flexibility index (Phi) is 5.00. The highest BCUT2D eigenvalue weighted by Crippen LogP contribution is 2.43. The third kappa shape index (κ3) is 4.12. The monoisotopic (exact) mass is 350 g/mol. The third-order valence-electron chi connectivity index (χ3n) is 4.21. The molecule has 1 aliphatic rings. The van der Waals surface area contributed by atoms with Crippen LogP contribution in [0.4, 0.5) is 4.79 Å². The molecule has 0 radical (unpaired) electrons. The molecule has 1 aliphatic carbocycles. The van der Waals surface area contributed by atoms with Gasteiger partial charge in [-0.2, -0.15) is 5.26 Å². The van der Waals surface area contributed by atoms with Crippen LogP contribution >= 0.6 is 11.6 Å². The van der Waals surface area contributed by atoms with Crippen molar-refractivity contribution in [3.05, 3.63) is 28.8 Å². The minimum atomic E-state index is -0.521. The van der Waals surface area contributed by atoms with Crippen LogP contribution < -0.4 is 10.1 Å². The molecule has 2 atom stereocenters. The fourth-order valence-corrected chi connectivity index (χ4v) is 2.82. The molecule has 6 heteroatoms. The fourth-order valence-electron chi connectivity index (χ4n) is 2.60. The largest absolute Gasteiger partial charge is 0.490 e. The highest BCUT2D eigenvalue weighted by molar-refractivity contribution is 6.31. The van der Waals surface area contributed by atoms with Gasteiger partial charge < -0.3 is 14.8 Å². The van der Waals surface area contributed by atoms with Crippen LogP contribution in [0.2, 0.25) is 5.02 Å². The summed E-state index contributed by atoms with van der Waals surface area (Å²) in [4.78, 5) is 11.9. The molecule has 0 unspecified atom stereocenters. The van der Waals surface area contributed by atoms with Gasteiger partial charge in [-0.1, -0.05) is 25.4 Å². The SMILES string of the molecule is CC(C)(C)OC(=O)N[C@@H]1C[C@@H](Oc2ccc(C#N)c(Cl)c2)C1(C)C. The lowest BCUT2D eigenvalue weighted by Crippen LogP contribution is -2.63. The van der Waals surface area contributed by atoms with E-state index in [1.165, 1.54) is 0 Å². The van der Waals surface area contributed by atoms with Gasteiger partial charge in [0.1, 0.15) is 23.5 Å². The van der Waals surface area contributed by atoms with Gasteiger partial charge in [0.15, 0.2) is 0 Å². The normalized spacial score (nSPS) is 22.0. The second kappa shape index (κ2) is 6.52. The maximum absolute atomic E-state index is 11.9. The number of ether oxygens (including phenoxy) is 2. The van der Waals surface area contributed by atoms with E-state index in [9.17, 15) is 4.79 Å². The van der Waals surface area contributed by atoms with Crippen molar-refractivity contribution in [1.82, 2.24) is 5.32 Å². The standard InChI is InChI=1S/C18H23ClN2O3/c1-17(2,3)24-16(22)21-14-9-15(18(14,4)5)23-12-7-6-11(10-20)13(19)8-12/h6-8,14-15H,9H2,1-5H3,(H,21,22)/t14-,15-/m1/s1. The summed E-state index contributed by atoms with van der Waals surface area (Å²) in [6.45, 7) is 9.57. The molecule has 1 aromatic carbocycles. The molecule has 0 aliphatic heterocycles. The Bertz CT molecular complexity index is 674. The van der Waals surface area contributed by atoms with Gasteiger partial charge in [-0.05, 0) is 32.9 Å². The second-order valence-electron chi connectivity index (χ2n) is 7.62. The summed E-state index contributed by atoms with van der Waals surface area (Å²) in [7, 11) is 0. The predicted molar refractivity (Wildman–Crippen MR) is 92.1 cm³/mol.